The van der Waals surface area contributed by atoms with Gasteiger partial charge in [0.15, 0.2) is 0 Å². The van der Waals surface area contributed by atoms with Crippen molar-refractivity contribution < 1.29 is 28.9 Å². The predicted molar refractivity (Wildman–Crippen MR) is 86.1 cm³/mol. The zero-order valence-corrected chi connectivity index (χ0v) is 14.2. The van der Waals surface area contributed by atoms with Gasteiger partial charge in [-0.05, 0) is 26.8 Å². The zero-order valence-electron chi connectivity index (χ0n) is 14.2. The Bertz CT molecular complexity index is 608. The average molecular weight is 356 g/mol. The van der Waals surface area contributed by atoms with Gasteiger partial charge in [-0.15, -0.1) is 0 Å². The summed E-state index contributed by atoms with van der Waals surface area (Å²) in [6.45, 7) is 4.87. The summed E-state index contributed by atoms with van der Waals surface area (Å²) in [5, 5.41) is 22.6. The fourth-order valence-corrected chi connectivity index (χ4v) is 2.36. The number of ether oxygens (including phenoxy) is 3. The van der Waals surface area contributed by atoms with Crippen LogP contribution in [-0.4, -0.2) is 41.4 Å². The molecule has 138 valence electrons. The highest BCUT2D eigenvalue weighted by Gasteiger charge is 2.46. The summed E-state index contributed by atoms with van der Waals surface area (Å²) in [7, 11) is 0. The Kier molecular flexibility index (Phi) is 7.40. The molecule has 0 aliphatic carbocycles. The fraction of sp³-hybridized carbons (Fsp3) is 0.533. The number of nitro benzene ring substituents is 2. The standard InChI is InChI=1S/C15H20N2O8/c1-4-23-14(18)15(24-5-2,25-6-3)10-11-12(16(19)20)8-7-9-13(11)17(21)22/h7-9H,4-6,10H2,1-3H3. The van der Waals surface area contributed by atoms with Gasteiger partial charge in [-0.3, -0.25) is 20.2 Å². The van der Waals surface area contributed by atoms with Crippen molar-refractivity contribution in [1.82, 2.24) is 0 Å². The third-order valence-corrected chi connectivity index (χ3v) is 3.27. The number of nitrogens with zero attached hydrogens (tertiary/aromatic N) is 2. The molecule has 0 fully saturated rings. The summed E-state index contributed by atoms with van der Waals surface area (Å²) in [5.74, 6) is -2.90. The molecule has 0 aliphatic heterocycles. The monoisotopic (exact) mass is 356 g/mol. The minimum atomic E-state index is -2.00. The molecular formula is C15H20N2O8. The first-order valence-electron chi connectivity index (χ1n) is 7.68. The summed E-state index contributed by atoms with van der Waals surface area (Å²) in [4.78, 5) is 33.4. The maximum Gasteiger partial charge on any atom is 0.367 e. The maximum absolute atomic E-state index is 12.4. The highest BCUT2D eigenvalue weighted by atomic mass is 16.7. The molecule has 1 aromatic carbocycles. The van der Waals surface area contributed by atoms with E-state index < -0.39 is 39.4 Å². The third kappa shape index (κ3) is 4.70. The van der Waals surface area contributed by atoms with E-state index in [1.54, 1.807) is 20.8 Å². The number of benzene rings is 1. The summed E-state index contributed by atoms with van der Waals surface area (Å²) in [6, 6.07) is 3.44. The molecule has 1 aromatic rings. The van der Waals surface area contributed by atoms with Crippen LogP contribution in [0.5, 0.6) is 0 Å². The van der Waals surface area contributed by atoms with Crippen molar-refractivity contribution >= 4 is 17.3 Å². The molecule has 0 amide bonds. The summed E-state index contributed by atoms with van der Waals surface area (Å²) >= 11 is 0. The van der Waals surface area contributed by atoms with E-state index in [1.165, 1.54) is 6.07 Å². The Hall–Kier alpha value is -2.59. The second-order valence-electron chi connectivity index (χ2n) is 4.81. The van der Waals surface area contributed by atoms with Crippen LogP contribution in [0.1, 0.15) is 26.3 Å². The van der Waals surface area contributed by atoms with Gasteiger partial charge in [0.25, 0.3) is 17.2 Å². The van der Waals surface area contributed by atoms with E-state index in [1.807, 2.05) is 0 Å². The Balaban J connectivity index is 3.52. The lowest BCUT2D eigenvalue weighted by Gasteiger charge is -2.30. The minimum absolute atomic E-state index is 0.0275. The molecule has 25 heavy (non-hydrogen) atoms. The van der Waals surface area contributed by atoms with Gasteiger partial charge < -0.3 is 14.2 Å². The van der Waals surface area contributed by atoms with Crippen molar-refractivity contribution in [1.29, 1.82) is 0 Å². The highest BCUT2D eigenvalue weighted by molar-refractivity contribution is 5.79. The molecule has 0 saturated carbocycles. The molecule has 0 unspecified atom stereocenters. The minimum Gasteiger partial charge on any atom is -0.462 e. The van der Waals surface area contributed by atoms with E-state index in [9.17, 15) is 25.0 Å². The smallest absolute Gasteiger partial charge is 0.367 e. The average Bonchev–Trinajstić information content (AvgIpc) is 2.55. The first kappa shape index (κ1) is 20.5. The molecule has 0 spiro atoms. The molecule has 0 heterocycles. The molecule has 0 aliphatic rings. The van der Waals surface area contributed by atoms with Gasteiger partial charge in [-0.2, -0.15) is 0 Å². The van der Waals surface area contributed by atoms with Crippen molar-refractivity contribution in [2.24, 2.45) is 0 Å². The van der Waals surface area contributed by atoms with Crippen LogP contribution in [0, 0.1) is 20.2 Å². The molecule has 0 aromatic heterocycles. The SMILES string of the molecule is CCOC(=O)C(Cc1c([N+](=O)[O-])cccc1[N+](=O)[O-])(OCC)OCC. The first-order chi connectivity index (χ1) is 11.8. The van der Waals surface area contributed by atoms with Crippen LogP contribution < -0.4 is 0 Å². The number of carbonyl (C=O) groups excluding carboxylic acids is 1. The Morgan fingerprint density at radius 1 is 1.00 bits per heavy atom. The van der Waals surface area contributed by atoms with Crippen molar-refractivity contribution in [3.63, 3.8) is 0 Å². The van der Waals surface area contributed by atoms with Crippen LogP contribution >= 0.6 is 0 Å². The van der Waals surface area contributed by atoms with Crippen LogP contribution in [0.25, 0.3) is 0 Å². The maximum atomic E-state index is 12.4. The van der Waals surface area contributed by atoms with Gasteiger partial charge in [0.05, 0.1) is 22.9 Å². The molecule has 0 bridgehead atoms. The summed E-state index contributed by atoms with van der Waals surface area (Å²) < 4.78 is 15.8. The largest absolute Gasteiger partial charge is 0.462 e. The predicted octanol–water partition coefficient (Wildman–Crippen LogP) is 2.38. The second-order valence-corrected chi connectivity index (χ2v) is 4.81. The van der Waals surface area contributed by atoms with Crippen LogP contribution in [0.4, 0.5) is 11.4 Å². The number of nitro groups is 2. The lowest BCUT2D eigenvalue weighted by molar-refractivity contribution is -0.396. The van der Waals surface area contributed by atoms with Crippen molar-refractivity contribution in [3.8, 4) is 0 Å². The Morgan fingerprint density at radius 2 is 1.48 bits per heavy atom. The van der Waals surface area contributed by atoms with Gasteiger partial charge in [0.1, 0.15) is 5.56 Å². The first-order valence-corrected chi connectivity index (χ1v) is 7.68. The van der Waals surface area contributed by atoms with Gasteiger partial charge in [-0.25, -0.2) is 4.79 Å². The molecule has 10 heteroatoms. The zero-order chi connectivity index (χ0) is 19.0. The van der Waals surface area contributed by atoms with E-state index in [0.717, 1.165) is 12.1 Å². The van der Waals surface area contributed by atoms with Crippen LogP contribution in [0.2, 0.25) is 0 Å². The number of hydrogen-bond donors (Lipinski definition) is 0. The van der Waals surface area contributed by atoms with Crippen LogP contribution in [0.3, 0.4) is 0 Å². The van der Waals surface area contributed by atoms with Crippen molar-refractivity contribution in [3.05, 3.63) is 44.0 Å². The second kappa shape index (κ2) is 9.04. The van der Waals surface area contributed by atoms with E-state index >= 15 is 0 Å². The van der Waals surface area contributed by atoms with Crippen LogP contribution in [-0.2, 0) is 25.4 Å². The molecule has 1 rings (SSSR count). The van der Waals surface area contributed by atoms with E-state index in [-0.39, 0.29) is 25.4 Å². The van der Waals surface area contributed by atoms with Crippen molar-refractivity contribution in [2.75, 3.05) is 19.8 Å². The quantitative estimate of drug-likeness (QED) is 0.270. The molecular weight excluding hydrogens is 336 g/mol. The Morgan fingerprint density at radius 3 is 1.84 bits per heavy atom. The molecule has 10 nitrogen and oxygen atoms in total. The van der Waals surface area contributed by atoms with Gasteiger partial charge in [0.2, 0.25) is 0 Å². The fourth-order valence-electron chi connectivity index (χ4n) is 2.36. The third-order valence-electron chi connectivity index (χ3n) is 3.27. The number of hydrogen-bond acceptors (Lipinski definition) is 8. The van der Waals surface area contributed by atoms with Gasteiger partial charge in [0, 0.05) is 25.3 Å². The lowest BCUT2D eigenvalue weighted by atomic mass is 10.0. The highest BCUT2D eigenvalue weighted by Crippen LogP contribution is 2.34. The van der Waals surface area contributed by atoms with Gasteiger partial charge in [-0.1, -0.05) is 0 Å². The Labute approximate surface area is 144 Å². The van der Waals surface area contributed by atoms with Crippen LogP contribution in [0.15, 0.2) is 18.2 Å². The van der Waals surface area contributed by atoms with E-state index in [0.29, 0.717) is 0 Å². The number of esters is 1. The topological polar surface area (TPSA) is 131 Å². The van der Waals surface area contributed by atoms with Gasteiger partial charge >= 0.3 is 5.97 Å². The summed E-state index contributed by atoms with van der Waals surface area (Å²) in [6.07, 6.45) is -0.527. The lowest BCUT2D eigenvalue weighted by Crippen LogP contribution is -2.48. The molecule has 0 N–H and O–H groups in total. The molecule has 0 atom stereocenters. The number of rotatable bonds is 10. The normalized spacial score (nSPS) is 11.2. The summed E-state index contributed by atoms with van der Waals surface area (Å²) in [5.41, 5.74) is -1.27. The van der Waals surface area contributed by atoms with E-state index in [2.05, 4.69) is 0 Å². The number of carbonyl (C=O) groups is 1. The molecule has 0 radical (unpaired) electrons. The van der Waals surface area contributed by atoms with E-state index in [4.69, 9.17) is 14.2 Å². The molecule has 0 saturated heterocycles. The van der Waals surface area contributed by atoms with Crippen molar-refractivity contribution in [2.45, 2.75) is 33.0 Å².